The SMILES string of the molecule is CCNC(=O)[C@@H](C)N(Cc1ccc(Cl)c(Cl)c1)C(=O)CN(c1ccccc1Cl)S(=O)(=O)c1ccc(C)cc1. The zero-order valence-electron chi connectivity index (χ0n) is 21.1. The molecule has 0 spiro atoms. The number of rotatable bonds is 10. The fraction of sp³-hybridized carbons (Fsp3) is 0.259. The van der Waals surface area contributed by atoms with Crippen LogP contribution in [0.3, 0.4) is 0 Å². The van der Waals surface area contributed by atoms with E-state index in [0.29, 0.717) is 22.2 Å². The highest BCUT2D eigenvalue weighted by Gasteiger charge is 2.33. The van der Waals surface area contributed by atoms with E-state index in [9.17, 15) is 18.0 Å². The Kier molecular flexibility index (Phi) is 10.1. The van der Waals surface area contributed by atoms with E-state index in [1.807, 2.05) is 6.92 Å². The number of sulfonamides is 1. The lowest BCUT2D eigenvalue weighted by Crippen LogP contribution is -2.51. The number of nitrogens with one attached hydrogen (secondary N) is 1. The molecule has 0 aliphatic rings. The monoisotopic (exact) mass is 595 g/mol. The molecule has 3 rings (SSSR count). The third kappa shape index (κ3) is 6.99. The molecule has 38 heavy (non-hydrogen) atoms. The largest absolute Gasteiger partial charge is 0.355 e. The van der Waals surface area contributed by atoms with Crippen LogP contribution in [0.25, 0.3) is 0 Å². The molecule has 0 aliphatic carbocycles. The van der Waals surface area contributed by atoms with Crippen molar-refractivity contribution in [2.45, 2.75) is 38.3 Å². The van der Waals surface area contributed by atoms with E-state index in [2.05, 4.69) is 5.32 Å². The predicted molar refractivity (Wildman–Crippen MR) is 152 cm³/mol. The molecular weight excluding hydrogens is 569 g/mol. The summed E-state index contributed by atoms with van der Waals surface area (Å²) in [4.78, 5) is 27.9. The van der Waals surface area contributed by atoms with Crippen molar-refractivity contribution >= 4 is 62.3 Å². The fourth-order valence-corrected chi connectivity index (χ4v) is 5.79. The van der Waals surface area contributed by atoms with Gasteiger partial charge in [-0.15, -0.1) is 0 Å². The number of nitrogens with zero attached hydrogens (tertiary/aromatic N) is 2. The maximum atomic E-state index is 13.8. The molecule has 0 unspecified atom stereocenters. The molecule has 0 heterocycles. The van der Waals surface area contributed by atoms with Gasteiger partial charge in [0.15, 0.2) is 0 Å². The first-order valence-electron chi connectivity index (χ1n) is 11.8. The molecule has 0 fully saturated rings. The van der Waals surface area contributed by atoms with E-state index >= 15 is 0 Å². The summed E-state index contributed by atoms with van der Waals surface area (Å²) in [6.07, 6.45) is 0. The van der Waals surface area contributed by atoms with Crippen LogP contribution >= 0.6 is 34.8 Å². The minimum absolute atomic E-state index is 0.00336. The number of carbonyl (C=O) groups excluding carboxylic acids is 2. The van der Waals surface area contributed by atoms with Crippen molar-refractivity contribution in [3.8, 4) is 0 Å². The average molecular weight is 597 g/mol. The Bertz CT molecular complexity index is 1420. The Labute approximate surface area is 238 Å². The normalized spacial score (nSPS) is 12.1. The number of para-hydroxylation sites is 1. The molecule has 1 atom stereocenters. The first kappa shape index (κ1) is 29.8. The van der Waals surface area contributed by atoms with Crippen molar-refractivity contribution in [3.05, 3.63) is 92.9 Å². The average Bonchev–Trinajstić information content (AvgIpc) is 2.88. The summed E-state index contributed by atoms with van der Waals surface area (Å²) in [5.41, 5.74) is 1.64. The number of benzene rings is 3. The predicted octanol–water partition coefficient (Wildman–Crippen LogP) is 5.70. The summed E-state index contributed by atoms with van der Waals surface area (Å²) in [5.74, 6) is -0.989. The molecular formula is C27H28Cl3N3O4S. The molecule has 7 nitrogen and oxygen atoms in total. The lowest BCUT2D eigenvalue weighted by atomic mass is 10.1. The second-order valence-electron chi connectivity index (χ2n) is 8.62. The highest BCUT2D eigenvalue weighted by Crippen LogP contribution is 2.31. The molecule has 0 saturated heterocycles. The zero-order valence-corrected chi connectivity index (χ0v) is 24.2. The Hall–Kier alpha value is -2.78. The van der Waals surface area contributed by atoms with Gasteiger partial charge in [-0.25, -0.2) is 8.42 Å². The molecule has 1 N–H and O–H groups in total. The second kappa shape index (κ2) is 12.8. The van der Waals surface area contributed by atoms with Crippen molar-refractivity contribution in [3.63, 3.8) is 0 Å². The smallest absolute Gasteiger partial charge is 0.264 e. The Morgan fingerprint density at radius 3 is 2.18 bits per heavy atom. The molecule has 202 valence electrons. The minimum Gasteiger partial charge on any atom is -0.355 e. The number of hydrogen-bond donors (Lipinski definition) is 1. The van der Waals surface area contributed by atoms with Gasteiger partial charge in [-0.1, -0.05) is 70.7 Å². The summed E-state index contributed by atoms with van der Waals surface area (Å²) >= 11 is 18.6. The van der Waals surface area contributed by atoms with Gasteiger partial charge in [0.05, 0.1) is 25.7 Å². The van der Waals surface area contributed by atoms with E-state index in [0.717, 1.165) is 9.87 Å². The van der Waals surface area contributed by atoms with Gasteiger partial charge in [0.2, 0.25) is 11.8 Å². The first-order chi connectivity index (χ1) is 17.9. The molecule has 2 amide bonds. The maximum absolute atomic E-state index is 13.8. The fourth-order valence-electron chi connectivity index (χ4n) is 3.74. The van der Waals surface area contributed by atoms with Gasteiger partial charge in [-0.3, -0.25) is 13.9 Å². The van der Waals surface area contributed by atoms with Gasteiger partial charge >= 0.3 is 0 Å². The number of aryl methyl sites for hydroxylation is 1. The number of carbonyl (C=O) groups is 2. The Balaban J connectivity index is 2.05. The summed E-state index contributed by atoms with van der Waals surface area (Å²) in [5, 5.41) is 3.51. The van der Waals surface area contributed by atoms with Gasteiger partial charge in [0.25, 0.3) is 10.0 Å². The molecule has 3 aromatic rings. The molecule has 0 bridgehead atoms. The van der Waals surface area contributed by atoms with Crippen LogP contribution in [0, 0.1) is 6.92 Å². The molecule has 0 aliphatic heterocycles. The summed E-state index contributed by atoms with van der Waals surface area (Å²) in [7, 11) is -4.20. The minimum atomic E-state index is -4.20. The van der Waals surface area contributed by atoms with Gasteiger partial charge in [0.1, 0.15) is 12.6 Å². The first-order valence-corrected chi connectivity index (χ1v) is 14.4. The van der Waals surface area contributed by atoms with Gasteiger partial charge in [-0.05, 0) is 62.7 Å². The van der Waals surface area contributed by atoms with Gasteiger partial charge < -0.3 is 10.2 Å². The lowest BCUT2D eigenvalue weighted by Gasteiger charge is -2.32. The van der Waals surface area contributed by atoms with E-state index in [1.54, 1.807) is 62.4 Å². The van der Waals surface area contributed by atoms with Crippen molar-refractivity contribution in [2.24, 2.45) is 0 Å². The number of halogens is 3. The van der Waals surface area contributed by atoms with Crippen LogP contribution in [-0.2, 0) is 26.2 Å². The van der Waals surface area contributed by atoms with Crippen LogP contribution in [-0.4, -0.2) is 44.3 Å². The summed E-state index contributed by atoms with van der Waals surface area (Å²) in [6, 6.07) is 16.6. The van der Waals surface area contributed by atoms with Crippen LogP contribution in [0.15, 0.2) is 71.6 Å². The highest BCUT2D eigenvalue weighted by atomic mass is 35.5. The third-order valence-electron chi connectivity index (χ3n) is 5.86. The topological polar surface area (TPSA) is 86.8 Å². The molecule has 3 aromatic carbocycles. The molecule has 0 radical (unpaired) electrons. The molecule has 11 heteroatoms. The Morgan fingerprint density at radius 2 is 1.58 bits per heavy atom. The van der Waals surface area contributed by atoms with E-state index in [1.165, 1.54) is 23.1 Å². The Morgan fingerprint density at radius 1 is 0.921 bits per heavy atom. The van der Waals surface area contributed by atoms with Crippen LogP contribution in [0.1, 0.15) is 25.0 Å². The number of likely N-dealkylation sites (N-methyl/N-ethyl adjacent to an activating group) is 1. The van der Waals surface area contributed by atoms with Crippen molar-refractivity contribution < 1.29 is 18.0 Å². The van der Waals surface area contributed by atoms with Gasteiger partial charge in [0, 0.05) is 13.1 Å². The van der Waals surface area contributed by atoms with E-state index < -0.39 is 28.5 Å². The quantitative estimate of drug-likeness (QED) is 0.325. The van der Waals surface area contributed by atoms with Crippen molar-refractivity contribution in [2.75, 3.05) is 17.4 Å². The number of anilines is 1. The maximum Gasteiger partial charge on any atom is 0.264 e. The van der Waals surface area contributed by atoms with Crippen LogP contribution in [0.5, 0.6) is 0 Å². The van der Waals surface area contributed by atoms with Gasteiger partial charge in [-0.2, -0.15) is 0 Å². The van der Waals surface area contributed by atoms with E-state index in [-0.39, 0.29) is 28.1 Å². The number of amides is 2. The van der Waals surface area contributed by atoms with Crippen LogP contribution in [0.4, 0.5) is 5.69 Å². The standard InChI is InChI=1S/C27H28Cl3N3O4S/c1-4-31-27(35)19(3)32(16-20-11-14-22(28)24(30)15-20)26(34)17-33(25-8-6-5-7-23(25)29)38(36,37)21-12-9-18(2)10-13-21/h5-15,19H,4,16-17H2,1-3H3,(H,31,35)/t19-/m1/s1. The lowest BCUT2D eigenvalue weighted by molar-refractivity contribution is -0.139. The molecule has 0 aromatic heterocycles. The zero-order chi connectivity index (χ0) is 28.0. The summed E-state index contributed by atoms with van der Waals surface area (Å²) in [6.45, 7) is 4.96. The second-order valence-corrected chi connectivity index (χ2v) is 11.7. The summed E-state index contributed by atoms with van der Waals surface area (Å²) < 4.78 is 28.5. The third-order valence-corrected chi connectivity index (χ3v) is 8.70. The van der Waals surface area contributed by atoms with Crippen LogP contribution < -0.4 is 9.62 Å². The van der Waals surface area contributed by atoms with Crippen molar-refractivity contribution in [1.82, 2.24) is 10.2 Å². The molecule has 0 saturated carbocycles. The van der Waals surface area contributed by atoms with Crippen LogP contribution in [0.2, 0.25) is 15.1 Å². The van der Waals surface area contributed by atoms with Crippen molar-refractivity contribution in [1.29, 1.82) is 0 Å². The highest BCUT2D eigenvalue weighted by molar-refractivity contribution is 7.92. The van der Waals surface area contributed by atoms with E-state index in [4.69, 9.17) is 34.8 Å². The number of hydrogen-bond acceptors (Lipinski definition) is 4.